The van der Waals surface area contributed by atoms with Crippen molar-refractivity contribution in [3.63, 3.8) is 0 Å². The lowest BCUT2D eigenvalue weighted by Gasteiger charge is -2.47. The van der Waals surface area contributed by atoms with Crippen molar-refractivity contribution in [1.29, 1.82) is 0 Å². The van der Waals surface area contributed by atoms with Gasteiger partial charge in [-0.15, -0.1) is 0 Å². The van der Waals surface area contributed by atoms with Crippen LogP contribution in [0.2, 0.25) is 0 Å². The van der Waals surface area contributed by atoms with Gasteiger partial charge in [-0.1, -0.05) is 12.1 Å². The van der Waals surface area contributed by atoms with Crippen LogP contribution < -0.4 is 5.73 Å². The number of aliphatic hydroxyl groups is 2. The van der Waals surface area contributed by atoms with Crippen LogP contribution in [0.4, 0.5) is 5.69 Å². The summed E-state index contributed by atoms with van der Waals surface area (Å²) in [5.41, 5.74) is 1.62. The van der Waals surface area contributed by atoms with E-state index in [1.54, 1.807) is 13.8 Å². The molecule has 0 aliphatic heterocycles. The first-order chi connectivity index (χ1) is 13.1. The maximum Gasteiger partial charge on any atom is 0.339 e. The number of benzene rings is 1. The van der Waals surface area contributed by atoms with Crippen LogP contribution in [-0.4, -0.2) is 57.5 Å². The van der Waals surface area contributed by atoms with Crippen LogP contribution in [0.5, 0.6) is 0 Å². The van der Waals surface area contributed by atoms with E-state index >= 15 is 0 Å². The van der Waals surface area contributed by atoms with E-state index in [1.165, 1.54) is 24.3 Å². The Bertz CT molecular complexity index is 718. The molecule has 0 heterocycles. The molecule has 1 fully saturated rings. The molecule has 10 nitrogen and oxygen atoms in total. The van der Waals surface area contributed by atoms with Gasteiger partial charge in [0.1, 0.15) is 0 Å². The second kappa shape index (κ2) is 8.21. The maximum atomic E-state index is 12.4. The van der Waals surface area contributed by atoms with Crippen molar-refractivity contribution in [2.75, 3.05) is 13.2 Å². The first-order valence-electron chi connectivity index (χ1n) is 8.89. The molecule has 0 aromatic heterocycles. The third-order valence-electron chi connectivity index (χ3n) is 4.98. The summed E-state index contributed by atoms with van der Waals surface area (Å²) in [6.07, 6.45) is -0.459. The fourth-order valence-electron chi connectivity index (χ4n) is 3.51. The first-order valence-corrected chi connectivity index (χ1v) is 8.89. The molecular formula is C18H24N2O8. The van der Waals surface area contributed by atoms with Gasteiger partial charge in [-0.25, -0.2) is 9.59 Å². The molecule has 1 aliphatic carbocycles. The number of nitro benzene ring substituents is 1. The molecular weight excluding hydrogens is 372 g/mol. The second-order valence-electron chi connectivity index (χ2n) is 6.72. The average Bonchev–Trinajstić information content (AvgIpc) is 2.66. The number of carbonyl (C=O) groups excluding carboxylic acids is 2. The molecule has 154 valence electrons. The Morgan fingerprint density at radius 3 is 1.89 bits per heavy atom. The lowest BCUT2D eigenvalue weighted by molar-refractivity contribution is -0.384. The summed E-state index contributed by atoms with van der Waals surface area (Å²) in [5, 5.41) is 32.8. The molecule has 1 aromatic rings. The summed E-state index contributed by atoms with van der Waals surface area (Å²) < 4.78 is 9.80. The van der Waals surface area contributed by atoms with Gasteiger partial charge in [0.15, 0.2) is 11.2 Å². The van der Waals surface area contributed by atoms with Crippen molar-refractivity contribution in [2.24, 2.45) is 5.73 Å². The van der Waals surface area contributed by atoms with Crippen molar-refractivity contribution in [3.8, 4) is 0 Å². The molecule has 0 radical (unpaired) electrons. The summed E-state index contributed by atoms with van der Waals surface area (Å²) in [7, 11) is 0. The van der Waals surface area contributed by atoms with Crippen molar-refractivity contribution in [1.82, 2.24) is 0 Å². The number of esters is 2. The highest BCUT2D eigenvalue weighted by Crippen LogP contribution is 2.44. The average molecular weight is 396 g/mol. The van der Waals surface area contributed by atoms with Crippen LogP contribution in [0.3, 0.4) is 0 Å². The summed E-state index contributed by atoms with van der Waals surface area (Å²) in [6.45, 7) is 3.02. The van der Waals surface area contributed by atoms with Crippen molar-refractivity contribution >= 4 is 17.6 Å². The minimum Gasteiger partial charge on any atom is -0.464 e. The Morgan fingerprint density at radius 1 is 1.11 bits per heavy atom. The lowest BCUT2D eigenvalue weighted by atomic mass is 9.64. The highest BCUT2D eigenvalue weighted by molar-refractivity contribution is 5.87. The van der Waals surface area contributed by atoms with Gasteiger partial charge >= 0.3 is 11.9 Å². The molecule has 10 heteroatoms. The molecule has 0 spiro atoms. The highest BCUT2D eigenvalue weighted by Gasteiger charge is 2.62. The fourth-order valence-corrected chi connectivity index (χ4v) is 3.51. The number of nitrogens with two attached hydrogens (primary N) is 1. The molecule has 0 saturated heterocycles. The zero-order chi connectivity index (χ0) is 21.1. The van der Waals surface area contributed by atoms with E-state index in [1.807, 2.05) is 0 Å². The standard InChI is InChI=1S/C18H24N2O8/c1-3-27-15(21)17(23)9-12(11-5-7-13(8-6-11)20(25)26)10-18(24,14(17)19)16(22)28-4-2/h5-8,12,14,23-24H,3-4,9-10,19H2,1-2H3/t12-,14-,17-,18+. The van der Waals surface area contributed by atoms with Crippen LogP contribution in [0.1, 0.15) is 38.2 Å². The monoisotopic (exact) mass is 396 g/mol. The predicted molar refractivity (Wildman–Crippen MR) is 96.2 cm³/mol. The van der Waals surface area contributed by atoms with Gasteiger partial charge in [0, 0.05) is 12.1 Å². The quantitative estimate of drug-likeness (QED) is 0.350. The van der Waals surface area contributed by atoms with Gasteiger partial charge < -0.3 is 25.4 Å². The van der Waals surface area contributed by atoms with Crippen molar-refractivity contribution < 1.29 is 34.2 Å². The normalized spacial score (nSPS) is 29.8. The Labute approximate surface area is 161 Å². The topological polar surface area (TPSA) is 162 Å². The molecule has 1 aliphatic rings. The summed E-state index contributed by atoms with van der Waals surface area (Å²) in [6, 6.07) is 3.73. The zero-order valence-corrected chi connectivity index (χ0v) is 15.7. The van der Waals surface area contributed by atoms with E-state index in [2.05, 4.69) is 0 Å². The van der Waals surface area contributed by atoms with Crippen LogP contribution in [-0.2, 0) is 19.1 Å². The maximum absolute atomic E-state index is 12.4. The summed E-state index contributed by atoms with van der Waals surface area (Å²) in [4.78, 5) is 35.1. The van der Waals surface area contributed by atoms with Gasteiger partial charge in [0.2, 0.25) is 0 Å². The minimum absolute atomic E-state index is 0.0338. The number of nitrogens with zero attached hydrogens (tertiary/aromatic N) is 1. The molecule has 4 atom stereocenters. The van der Waals surface area contributed by atoms with Gasteiger partial charge in [0.05, 0.1) is 24.2 Å². The molecule has 0 bridgehead atoms. The molecule has 0 unspecified atom stereocenters. The van der Waals surface area contributed by atoms with Crippen LogP contribution in [0.25, 0.3) is 0 Å². The molecule has 0 amide bonds. The molecule has 1 aromatic carbocycles. The minimum atomic E-state index is -2.35. The van der Waals surface area contributed by atoms with Gasteiger partial charge in [0.25, 0.3) is 5.69 Å². The first kappa shape index (κ1) is 21.7. The summed E-state index contributed by atoms with van der Waals surface area (Å²) >= 11 is 0. The number of rotatable bonds is 6. The fraction of sp³-hybridized carbons (Fsp3) is 0.556. The predicted octanol–water partition coefficient (Wildman–Crippen LogP) is 0.388. The highest BCUT2D eigenvalue weighted by atomic mass is 16.6. The third kappa shape index (κ3) is 3.84. The Hall–Kier alpha value is -2.56. The second-order valence-corrected chi connectivity index (χ2v) is 6.72. The van der Waals surface area contributed by atoms with E-state index in [4.69, 9.17) is 15.2 Å². The van der Waals surface area contributed by atoms with Crippen LogP contribution in [0.15, 0.2) is 24.3 Å². The molecule has 28 heavy (non-hydrogen) atoms. The Morgan fingerprint density at radius 2 is 1.54 bits per heavy atom. The third-order valence-corrected chi connectivity index (χ3v) is 4.98. The largest absolute Gasteiger partial charge is 0.464 e. The van der Waals surface area contributed by atoms with Crippen LogP contribution >= 0.6 is 0 Å². The van der Waals surface area contributed by atoms with Gasteiger partial charge in [-0.2, -0.15) is 0 Å². The van der Waals surface area contributed by atoms with Gasteiger partial charge in [-0.05, 0) is 38.2 Å². The van der Waals surface area contributed by atoms with Crippen LogP contribution in [0, 0.1) is 10.1 Å². The zero-order valence-electron chi connectivity index (χ0n) is 15.7. The molecule has 4 N–H and O–H groups in total. The number of hydrogen-bond donors (Lipinski definition) is 3. The lowest BCUT2D eigenvalue weighted by Crippen LogP contribution is -2.71. The number of ether oxygens (including phenoxy) is 2. The van der Waals surface area contributed by atoms with Crippen molar-refractivity contribution in [3.05, 3.63) is 39.9 Å². The van der Waals surface area contributed by atoms with E-state index in [0.717, 1.165) is 0 Å². The SMILES string of the molecule is CCOC(=O)[C@]1(O)C[C@H](c2ccc([N+](=O)[O-])cc2)C[C@](O)(C(=O)OCC)[C@H]1N. The van der Waals surface area contributed by atoms with E-state index in [0.29, 0.717) is 5.56 Å². The number of carbonyl (C=O) groups is 2. The number of non-ortho nitro benzene ring substituents is 1. The van der Waals surface area contributed by atoms with Gasteiger partial charge in [-0.3, -0.25) is 10.1 Å². The Kier molecular flexibility index (Phi) is 6.37. The van der Waals surface area contributed by atoms with Crippen molar-refractivity contribution in [2.45, 2.75) is 49.9 Å². The van der Waals surface area contributed by atoms with E-state index in [9.17, 15) is 29.9 Å². The van der Waals surface area contributed by atoms with E-state index < -0.39 is 40.0 Å². The molecule has 1 saturated carbocycles. The number of nitro groups is 1. The molecule has 2 rings (SSSR count). The smallest absolute Gasteiger partial charge is 0.339 e. The van der Waals surface area contributed by atoms with E-state index in [-0.39, 0.29) is 31.7 Å². The number of hydrogen-bond acceptors (Lipinski definition) is 9. The Balaban J connectivity index is 2.47. The summed E-state index contributed by atoms with van der Waals surface area (Å²) in [5.74, 6) is -2.82.